The fourth-order valence-corrected chi connectivity index (χ4v) is 1.81. The zero-order chi connectivity index (χ0) is 12.1. The monoisotopic (exact) mass is 245 g/mol. The smallest absolute Gasteiger partial charge is 0.308 e. The largest absolute Gasteiger partial charge is 0.481 e. The molecule has 90 valence electrons. The molecule has 4 nitrogen and oxygen atoms in total. The summed E-state index contributed by atoms with van der Waals surface area (Å²) < 4.78 is 0. The molecule has 0 radical (unpaired) electrons. The third-order valence-corrected chi connectivity index (χ3v) is 2.80. The van der Waals surface area contributed by atoms with Gasteiger partial charge in [-0.15, -0.1) is 0 Å². The molecule has 1 atom stereocenters. The van der Waals surface area contributed by atoms with E-state index in [-0.39, 0.29) is 12.5 Å². The zero-order valence-corrected chi connectivity index (χ0v) is 10.0. The van der Waals surface area contributed by atoms with Crippen LogP contribution < -0.4 is 0 Å². The number of carbonyl (C=O) groups is 2. The molecule has 0 aromatic carbocycles. The summed E-state index contributed by atoms with van der Waals surface area (Å²) in [4.78, 5) is 24.0. The minimum atomic E-state index is -0.881. The summed E-state index contributed by atoms with van der Waals surface area (Å²) in [5.74, 6) is -1.39. The first-order valence-electron chi connectivity index (χ1n) is 5.33. The molecule has 0 bridgehead atoms. The molecule has 5 heteroatoms. The highest BCUT2D eigenvalue weighted by molar-refractivity contribution is 6.29. The van der Waals surface area contributed by atoms with E-state index >= 15 is 0 Å². The molecule has 1 heterocycles. The van der Waals surface area contributed by atoms with Crippen molar-refractivity contribution in [2.45, 2.75) is 26.2 Å². The Hall–Kier alpha value is -1.03. The summed E-state index contributed by atoms with van der Waals surface area (Å²) in [6.07, 6.45) is 3.42. The predicted octanol–water partition coefficient (Wildman–Crippen LogP) is 1.84. The van der Waals surface area contributed by atoms with Crippen LogP contribution in [0.3, 0.4) is 0 Å². The number of aliphatic carboxylic acids is 1. The average Bonchev–Trinajstić information content (AvgIpc) is 2.58. The molecule has 16 heavy (non-hydrogen) atoms. The Balaban J connectivity index is 2.54. The van der Waals surface area contributed by atoms with E-state index in [4.69, 9.17) is 16.7 Å². The molecule has 1 aliphatic rings. The summed E-state index contributed by atoms with van der Waals surface area (Å²) in [7, 11) is 0. The number of carboxylic acid groups (broad SMARTS) is 1. The van der Waals surface area contributed by atoms with Crippen molar-refractivity contribution in [3.63, 3.8) is 0 Å². The highest BCUT2D eigenvalue weighted by Gasteiger charge is 2.26. The topological polar surface area (TPSA) is 57.6 Å². The third-order valence-electron chi connectivity index (χ3n) is 2.65. The minimum absolute atomic E-state index is 0.0535. The molecule has 1 saturated heterocycles. The molecule has 1 aliphatic heterocycles. The maximum absolute atomic E-state index is 11.4. The van der Waals surface area contributed by atoms with Crippen LogP contribution in [0, 0.1) is 5.92 Å². The van der Waals surface area contributed by atoms with Crippen LogP contribution in [0.1, 0.15) is 26.2 Å². The van der Waals surface area contributed by atoms with Gasteiger partial charge in [0.15, 0.2) is 0 Å². The quantitative estimate of drug-likeness (QED) is 0.804. The second-order valence-corrected chi connectivity index (χ2v) is 4.60. The summed E-state index contributed by atoms with van der Waals surface area (Å²) in [5.41, 5.74) is 0. The molecule has 1 N–H and O–H groups in total. The van der Waals surface area contributed by atoms with Gasteiger partial charge in [-0.3, -0.25) is 9.59 Å². The minimum Gasteiger partial charge on any atom is -0.481 e. The van der Waals surface area contributed by atoms with Crippen LogP contribution in [-0.4, -0.2) is 35.0 Å². The van der Waals surface area contributed by atoms with Crippen LogP contribution in [0.25, 0.3) is 0 Å². The van der Waals surface area contributed by atoms with Crippen LogP contribution >= 0.6 is 11.6 Å². The molecule has 0 aromatic rings. The Morgan fingerprint density at radius 3 is 2.81 bits per heavy atom. The van der Waals surface area contributed by atoms with E-state index < -0.39 is 11.9 Å². The maximum atomic E-state index is 11.4. The maximum Gasteiger partial charge on any atom is 0.308 e. The fraction of sp³-hybridized carbons (Fsp3) is 0.636. The molecule has 0 aromatic heterocycles. The molecule has 0 spiro atoms. The second-order valence-electron chi connectivity index (χ2n) is 4.01. The van der Waals surface area contributed by atoms with Crippen molar-refractivity contribution in [1.29, 1.82) is 0 Å². The first kappa shape index (κ1) is 13.0. The van der Waals surface area contributed by atoms with Gasteiger partial charge in [0.25, 0.3) is 0 Å². The zero-order valence-electron chi connectivity index (χ0n) is 9.28. The van der Waals surface area contributed by atoms with Gasteiger partial charge in [0, 0.05) is 24.5 Å². The number of carboxylic acids is 1. The number of allylic oxidation sites excluding steroid dienone is 2. The van der Waals surface area contributed by atoms with Gasteiger partial charge >= 0.3 is 5.97 Å². The number of carbonyl (C=O) groups excluding carboxylic acids is 1. The van der Waals surface area contributed by atoms with Gasteiger partial charge in [0.1, 0.15) is 0 Å². The van der Waals surface area contributed by atoms with Gasteiger partial charge < -0.3 is 10.0 Å². The van der Waals surface area contributed by atoms with Crippen LogP contribution in [0.4, 0.5) is 0 Å². The standard InChI is InChI=1S/C11H16ClNO3/c1-8(12)4-5-9(11(15)16)7-13-6-2-3-10(13)14/h4,9H,2-3,5-7H2,1H3,(H,15,16)/b8-4+. The summed E-state index contributed by atoms with van der Waals surface area (Å²) in [6.45, 7) is 2.67. The number of amides is 1. The van der Waals surface area contributed by atoms with Crippen LogP contribution in [-0.2, 0) is 9.59 Å². The summed E-state index contributed by atoms with van der Waals surface area (Å²) in [5, 5.41) is 9.60. The molecular formula is C11H16ClNO3. The molecular weight excluding hydrogens is 230 g/mol. The van der Waals surface area contributed by atoms with E-state index in [0.29, 0.717) is 24.4 Å². The number of halogens is 1. The van der Waals surface area contributed by atoms with E-state index in [2.05, 4.69) is 0 Å². The summed E-state index contributed by atoms with van der Waals surface area (Å²) >= 11 is 5.66. The Bertz CT molecular complexity index is 310. The normalized spacial score (nSPS) is 19.0. The molecule has 0 aliphatic carbocycles. The highest BCUT2D eigenvalue weighted by atomic mass is 35.5. The van der Waals surface area contributed by atoms with E-state index in [1.807, 2.05) is 0 Å². The van der Waals surface area contributed by atoms with Gasteiger partial charge in [-0.05, 0) is 19.8 Å². The van der Waals surface area contributed by atoms with Gasteiger partial charge in [0.2, 0.25) is 5.91 Å². The van der Waals surface area contributed by atoms with Crippen molar-refractivity contribution in [3.05, 3.63) is 11.1 Å². The van der Waals surface area contributed by atoms with E-state index in [1.165, 1.54) is 0 Å². The lowest BCUT2D eigenvalue weighted by molar-refractivity contribution is -0.143. The van der Waals surface area contributed by atoms with Crippen molar-refractivity contribution >= 4 is 23.5 Å². The number of hydrogen-bond acceptors (Lipinski definition) is 2. The van der Waals surface area contributed by atoms with Crippen molar-refractivity contribution in [1.82, 2.24) is 4.90 Å². The Morgan fingerprint density at radius 1 is 1.69 bits per heavy atom. The number of rotatable bonds is 5. The van der Waals surface area contributed by atoms with E-state index in [1.54, 1.807) is 17.9 Å². The molecule has 1 fully saturated rings. The van der Waals surface area contributed by atoms with Crippen LogP contribution in [0.5, 0.6) is 0 Å². The fourth-order valence-electron chi connectivity index (χ4n) is 1.72. The first-order chi connectivity index (χ1) is 7.50. The molecule has 1 unspecified atom stereocenters. The Morgan fingerprint density at radius 2 is 2.38 bits per heavy atom. The lowest BCUT2D eigenvalue weighted by atomic mass is 10.1. The van der Waals surface area contributed by atoms with Crippen molar-refractivity contribution < 1.29 is 14.7 Å². The Labute approximate surface area is 99.9 Å². The molecule has 0 saturated carbocycles. The summed E-state index contributed by atoms with van der Waals surface area (Å²) in [6, 6.07) is 0. The van der Waals surface area contributed by atoms with Crippen molar-refractivity contribution in [2.24, 2.45) is 5.92 Å². The number of nitrogens with zero attached hydrogens (tertiary/aromatic N) is 1. The van der Waals surface area contributed by atoms with Gasteiger partial charge in [0.05, 0.1) is 5.92 Å². The molecule has 1 amide bonds. The van der Waals surface area contributed by atoms with E-state index in [9.17, 15) is 9.59 Å². The number of likely N-dealkylation sites (tertiary alicyclic amines) is 1. The van der Waals surface area contributed by atoms with Gasteiger partial charge in [-0.25, -0.2) is 0 Å². The van der Waals surface area contributed by atoms with Gasteiger partial charge in [-0.2, -0.15) is 0 Å². The second kappa shape index (κ2) is 5.89. The SMILES string of the molecule is C/C(Cl)=C\CC(CN1CCCC1=O)C(=O)O. The predicted molar refractivity (Wildman–Crippen MR) is 61.2 cm³/mol. The first-order valence-corrected chi connectivity index (χ1v) is 5.71. The van der Waals surface area contributed by atoms with Crippen molar-refractivity contribution in [2.75, 3.05) is 13.1 Å². The van der Waals surface area contributed by atoms with Crippen LogP contribution in [0.15, 0.2) is 11.1 Å². The lowest BCUT2D eigenvalue weighted by Gasteiger charge is -2.19. The van der Waals surface area contributed by atoms with Crippen molar-refractivity contribution in [3.8, 4) is 0 Å². The highest BCUT2D eigenvalue weighted by Crippen LogP contribution is 2.16. The molecule has 1 rings (SSSR count). The average molecular weight is 246 g/mol. The van der Waals surface area contributed by atoms with Crippen LogP contribution in [0.2, 0.25) is 0 Å². The third kappa shape index (κ3) is 3.85. The van der Waals surface area contributed by atoms with E-state index in [0.717, 1.165) is 6.42 Å². The Kier molecular flexibility index (Phi) is 4.80. The van der Waals surface area contributed by atoms with Gasteiger partial charge in [-0.1, -0.05) is 17.7 Å². The lowest BCUT2D eigenvalue weighted by Crippen LogP contribution is -2.33. The number of hydrogen-bond donors (Lipinski definition) is 1.